The Bertz CT molecular complexity index is 1120. The van der Waals surface area contributed by atoms with Crippen LogP contribution in [0.5, 0.6) is 11.5 Å². The number of nitrogens with one attached hydrogen (secondary N) is 1. The van der Waals surface area contributed by atoms with Crippen LogP contribution in [0.4, 0.5) is 0 Å². The summed E-state index contributed by atoms with van der Waals surface area (Å²) in [5.74, 6) is -0.145. The largest absolute Gasteiger partial charge is 0.457 e. The summed E-state index contributed by atoms with van der Waals surface area (Å²) in [6.07, 6.45) is 4.61. The normalized spacial score (nSPS) is 24.4. The smallest absolute Gasteiger partial charge is 0.189 e. The van der Waals surface area contributed by atoms with Crippen molar-refractivity contribution in [2.75, 3.05) is 0 Å². The van der Waals surface area contributed by atoms with Gasteiger partial charge >= 0.3 is 0 Å². The van der Waals surface area contributed by atoms with Crippen molar-refractivity contribution >= 4 is 5.71 Å². The Hall–Kier alpha value is -3.88. The summed E-state index contributed by atoms with van der Waals surface area (Å²) >= 11 is 0. The second kappa shape index (κ2) is 7.86. The minimum absolute atomic E-state index is 0.112. The first-order valence-corrected chi connectivity index (χ1v) is 9.98. The summed E-state index contributed by atoms with van der Waals surface area (Å²) < 4.78 is 5.96. The third kappa shape index (κ3) is 3.04. The molecule has 1 N–H and O–H groups in total. The van der Waals surface area contributed by atoms with E-state index in [1.54, 1.807) is 0 Å². The average molecular weight is 392 g/mol. The number of nitriles is 3. The summed E-state index contributed by atoms with van der Waals surface area (Å²) in [7, 11) is 0. The lowest BCUT2D eigenvalue weighted by molar-refractivity contribution is 0.319. The zero-order chi connectivity index (χ0) is 21.1. The molecular weight excluding hydrogens is 372 g/mol. The molecule has 0 saturated heterocycles. The van der Waals surface area contributed by atoms with E-state index < -0.39 is 17.3 Å². The van der Waals surface area contributed by atoms with E-state index in [1.165, 1.54) is 0 Å². The minimum atomic E-state index is -1.68. The maximum atomic E-state index is 10.1. The molecule has 0 amide bonds. The topological polar surface area (TPSA) is 104 Å². The van der Waals surface area contributed by atoms with Crippen molar-refractivity contribution in [1.82, 2.24) is 0 Å². The number of ether oxygens (including phenoxy) is 1. The lowest BCUT2D eigenvalue weighted by Gasteiger charge is -2.45. The van der Waals surface area contributed by atoms with Crippen LogP contribution in [0.2, 0.25) is 0 Å². The van der Waals surface area contributed by atoms with Gasteiger partial charge in [0.1, 0.15) is 17.4 Å². The number of hydrogen-bond acceptors (Lipinski definition) is 5. The molecule has 0 bridgehead atoms. The molecule has 2 aliphatic rings. The molecule has 2 aromatic carbocycles. The van der Waals surface area contributed by atoms with Crippen molar-refractivity contribution in [2.45, 2.75) is 25.2 Å². The Morgan fingerprint density at radius 1 is 0.967 bits per heavy atom. The SMILES string of the molecule is N#C[C@@H]1C(=N)C(C#N)(C#N)[C@H](c2cccc(Oc3ccccc3)c2)[C@@H]2CCCC=C12. The van der Waals surface area contributed by atoms with Crippen LogP contribution in [0.1, 0.15) is 30.7 Å². The van der Waals surface area contributed by atoms with Gasteiger partial charge in [0.25, 0.3) is 0 Å². The third-order valence-corrected chi connectivity index (χ3v) is 6.12. The van der Waals surface area contributed by atoms with E-state index in [2.05, 4.69) is 18.2 Å². The van der Waals surface area contributed by atoms with E-state index in [9.17, 15) is 15.8 Å². The Morgan fingerprint density at radius 3 is 2.40 bits per heavy atom. The van der Waals surface area contributed by atoms with Crippen molar-refractivity contribution in [3.8, 4) is 29.7 Å². The molecule has 5 nitrogen and oxygen atoms in total. The highest BCUT2D eigenvalue weighted by Gasteiger charge is 2.57. The molecule has 1 fully saturated rings. The second-order valence-corrected chi connectivity index (χ2v) is 7.71. The van der Waals surface area contributed by atoms with Crippen molar-refractivity contribution < 1.29 is 4.74 Å². The van der Waals surface area contributed by atoms with Crippen molar-refractivity contribution in [2.24, 2.45) is 17.3 Å². The molecule has 0 aromatic heterocycles. The predicted octanol–water partition coefficient (Wildman–Crippen LogP) is 5.50. The lowest BCUT2D eigenvalue weighted by atomic mass is 9.53. The van der Waals surface area contributed by atoms with Crippen LogP contribution in [-0.2, 0) is 0 Å². The van der Waals surface area contributed by atoms with Crippen LogP contribution in [-0.4, -0.2) is 5.71 Å². The van der Waals surface area contributed by atoms with Crippen LogP contribution in [0.15, 0.2) is 66.2 Å². The Morgan fingerprint density at radius 2 is 1.70 bits per heavy atom. The lowest BCUT2D eigenvalue weighted by Crippen LogP contribution is -2.48. The molecule has 30 heavy (non-hydrogen) atoms. The molecule has 3 atom stereocenters. The first-order chi connectivity index (χ1) is 14.6. The van der Waals surface area contributed by atoms with Gasteiger partial charge in [-0.05, 0) is 60.6 Å². The van der Waals surface area contributed by atoms with Crippen LogP contribution in [0, 0.1) is 56.7 Å². The predicted molar refractivity (Wildman–Crippen MR) is 112 cm³/mol. The molecular formula is C25H20N4O. The molecule has 5 heteroatoms. The second-order valence-electron chi connectivity index (χ2n) is 7.71. The molecule has 4 rings (SSSR count). The quantitative estimate of drug-likeness (QED) is 0.697. The fourth-order valence-corrected chi connectivity index (χ4v) is 4.78. The molecule has 0 heterocycles. The van der Waals surface area contributed by atoms with Crippen LogP contribution < -0.4 is 4.74 Å². The summed E-state index contributed by atoms with van der Waals surface area (Å²) in [4.78, 5) is 0. The van der Waals surface area contributed by atoms with Gasteiger partial charge in [-0.25, -0.2) is 0 Å². The highest BCUT2D eigenvalue weighted by molar-refractivity contribution is 6.00. The molecule has 0 aliphatic heterocycles. The Labute approximate surface area is 176 Å². The molecule has 2 aliphatic carbocycles. The van der Waals surface area contributed by atoms with Gasteiger partial charge in [0.15, 0.2) is 5.41 Å². The molecule has 0 radical (unpaired) electrons. The number of para-hydroxylation sites is 1. The molecule has 1 saturated carbocycles. The highest BCUT2D eigenvalue weighted by atomic mass is 16.5. The van der Waals surface area contributed by atoms with Crippen LogP contribution >= 0.6 is 0 Å². The van der Waals surface area contributed by atoms with Crippen molar-refractivity contribution in [3.05, 3.63) is 71.8 Å². The number of rotatable bonds is 3. The van der Waals surface area contributed by atoms with E-state index in [0.717, 1.165) is 30.4 Å². The summed E-state index contributed by atoms with van der Waals surface area (Å²) in [5.41, 5.74) is -0.121. The van der Waals surface area contributed by atoms with Crippen LogP contribution in [0.3, 0.4) is 0 Å². The highest BCUT2D eigenvalue weighted by Crippen LogP contribution is 2.55. The van der Waals surface area contributed by atoms with Gasteiger partial charge in [0.2, 0.25) is 0 Å². The van der Waals surface area contributed by atoms with Gasteiger partial charge in [-0.3, -0.25) is 0 Å². The maximum absolute atomic E-state index is 10.1. The number of hydrogen-bond donors (Lipinski definition) is 1. The van der Waals surface area contributed by atoms with Gasteiger partial charge in [-0.1, -0.05) is 36.4 Å². The van der Waals surface area contributed by atoms with Gasteiger partial charge in [-0.2, -0.15) is 15.8 Å². The standard InChI is InChI=1S/C25H20N4O/c26-14-22-20-11-4-5-12-21(20)23(25(15-27,16-28)24(22)29)17-7-6-10-19(13-17)30-18-8-2-1-3-9-18/h1-3,6-11,13,21-23,29H,4-5,12H2/t21-,22+,23-/m1/s1. The third-order valence-electron chi connectivity index (χ3n) is 6.12. The number of fused-ring (bicyclic) bond motifs is 1. The first-order valence-electron chi connectivity index (χ1n) is 9.98. The molecule has 146 valence electrons. The number of allylic oxidation sites excluding steroid dienone is 2. The fourth-order valence-electron chi connectivity index (χ4n) is 4.78. The summed E-state index contributed by atoms with van der Waals surface area (Å²) in [5, 5.41) is 38.5. The molecule has 2 aromatic rings. The van der Waals surface area contributed by atoms with Gasteiger partial charge in [0, 0.05) is 5.92 Å². The van der Waals surface area contributed by atoms with Gasteiger partial charge < -0.3 is 10.1 Å². The monoisotopic (exact) mass is 392 g/mol. The van der Waals surface area contributed by atoms with E-state index in [0.29, 0.717) is 11.5 Å². The van der Waals surface area contributed by atoms with Gasteiger partial charge in [-0.15, -0.1) is 0 Å². The van der Waals surface area contributed by atoms with Crippen molar-refractivity contribution in [3.63, 3.8) is 0 Å². The van der Waals surface area contributed by atoms with E-state index in [4.69, 9.17) is 10.1 Å². The minimum Gasteiger partial charge on any atom is -0.457 e. The van der Waals surface area contributed by atoms with E-state index in [1.807, 2.05) is 60.7 Å². The summed E-state index contributed by atoms with van der Waals surface area (Å²) in [6.45, 7) is 0. The Balaban J connectivity index is 1.82. The summed E-state index contributed by atoms with van der Waals surface area (Å²) in [6, 6.07) is 23.3. The van der Waals surface area contributed by atoms with Gasteiger partial charge in [0.05, 0.1) is 23.9 Å². The molecule has 0 unspecified atom stereocenters. The molecule has 0 spiro atoms. The van der Waals surface area contributed by atoms with Crippen molar-refractivity contribution in [1.29, 1.82) is 21.2 Å². The van der Waals surface area contributed by atoms with E-state index in [-0.39, 0.29) is 11.6 Å². The number of benzene rings is 2. The fraction of sp³-hybridized carbons (Fsp3) is 0.280. The van der Waals surface area contributed by atoms with Crippen LogP contribution in [0.25, 0.3) is 0 Å². The van der Waals surface area contributed by atoms with E-state index >= 15 is 0 Å². The Kier molecular flexibility index (Phi) is 5.09. The zero-order valence-corrected chi connectivity index (χ0v) is 16.4. The number of nitrogens with zero attached hydrogens (tertiary/aromatic N) is 3. The zero-order valence-electron chi connectivity index (χ0n) is 16.4. The maximum Gasteiger partial charge on any atom is 0.189 e. The average Bonchev–Trinajstić information content (AvgIpc) is 2.79. The first kappa shape index (κ1) is 19.4.